The molecule has 0 saturated heterocycles. The van der Waals surface area contributed by atoms with E-state index in [0.29, 0.717) is 12.6 Å². The summed E-state index contributed by atoms with van der Waals surface area (Å²) in [5.74, 6) is 0. The number of benzene rings is 1. The lowest BCUT2D eigenvalue weighted by Crippen LogP contribution is -2.35. The van der Waals surface area contributed by atoms with Gasteiger partial charge in [0.05, 0.1) is 6.61 Å². The third-order valence-electron chi connectivity index (χ3n) is 3.57. The Bertz CT molecular complexity index is 395. The monoisotopic (exact) mass is 250 g/mol. The summed E-state index contributed by atoms with van der Waals surface area (Å²) in [6, 6.07) is 6.52. The van der Waals surface area contributed by atoms with Crippen LogP contribution < -0.4 is 11.1 Å². The van der Waals surface area contributed by atoms with Crippen molar-refractivity contribution in [3.8, 4) is 0 Å². The molecule has 0 fully saturated rings. The van der Waals surface area contributed by atoms with Gasteiger partial charge in [0.25, 0.3) is 0 Å². The van der Waals surface area contributed by atoms with Crippen molar-refractivity contribution in [3.05, 3.63) is 29.3 Å². The van der Waals surface area contributed by atoms with Gasteiger partial charge in [0.15, 0.2) is 0 Å². The SMILES string of the molecule is COCCC(CO)NC1CCc2cc(N)ccc21. The summed E-state index contributed by atoms with van der Waals surface area (Å²) in [6.07, 6.45) is 2.95. The number of aliphatic hydroxyl groups excluding tert-OH is 1. The maximum atomic E-state index is 9.37. The molecule has 0 aromatic heterocycles. The number of hydrogen-bond acceptors (Lipinski definition) is 4. The number of aryl methyl sites for hydroxylation is 1. The van der Waals surface area contributed by atoms with Crippen LogP contribution in [0.25, 0.3) is 0 Å². The second-order valence-electron chi connectivity index (χ2n) is 4.88. The van der Waals surface area contributed by atoms with Crippen molar-refractivity contribution in [1.29, 1.82) is 0 Å². The average molecular weight is 250 g/mol. The minimum Gasteiger partial charge on any atom is -0.399 e. The Balaban J connectivity index is 2.00. The molecule has 0 spiro atoms. The number of aliphatic hydroxyl groups is 1. The Morgan fingerprint density at radius 2 is 2.39 bits per heavy atom. The summed E-state index contributed by atoms with van der Waals surface area (Å²) in [4.78, 5) is 0. The molecule has 2 unspecified atom stereocenters. The topological polar surface area (TPSA) is 67.5 Å². The number of hydrogen-bond donors (Lipinski definition) is 3. The first-order valence-electron chi connectivity index (χ1n) is 6.48. The van der Waals surface area contributed by atoms with Crippen molar-refractivity contribution in [2.24, 2.45) is 0 Å². The second-order valence-corrected chi connectivity index (χ2v) is 4.88. The fourth-order valence-corrected chi connectivity index (χ4v) is 2.58. The zero-order valence-corrected chi connectivity index (χ0v) is 10.9. The van der Waals surface area contributed by atoms with Crippen LogP contribution in [0.5, 0.6) is 0 Å². The van der Waals surface area contributed by atoms with E-state index in [1.165, 1.54) is 11.1 Å². The Kier molecular flexibility index (Phi) is 4.58. The van der Waals surface area contributed by atoms with Gasteiger partial charge >= 0.3 is 0 Å². The summed E-state index contributed by atoms with van der Waals surface area (Å²) in [5.41, 5.74) is 9.27. The molecular weight excluding hydrogens is 228 g/mol. The Morgan fingerprint density at radius 1 is 1.56 bits per heavy atom. The van der Waals surface area contributed by atoms with Gasteiger partial charge in [-0.1, -0.05) is 6.07 Å². The fraction of sp³-hybridized carbons (Fsp3) is 0.571. The van der Waals surface area contributed by atoms with Crippen molar-refractivity contribution < 1.29 is 9.84 Å². The number of methoxy groups -OCH3 is 1. The molecule has 0 amide bonds. The van der Waals surface area contributed by atoms with Gasteiger partial charge < -0.3 is 20.9 Å². The molecule has 0 saturated carbocycles. The number of anilines is 1. The van der Waals surface area contributed by atoms with Gasteiger partial charge in [-0.15, -0.1) is 0 Å². The van der Waals surface area contributed by atoms with E-state index in [1.807, 2.05) is 6.07 Å². The minimum atomic E-state index is 0.0958. The maximum absolute atomic E-state index is 9.37. The normalized spacial score (nSPS) is 19.8. The van der Waals surface area contributed by atoms with Crippen molar-refractivity contribution in [1.82, 2.24) is 5.32 Å². The molecule has 0 aliphatic heterocycles. The molecule has 1 aliphatic carbocycles. The van der Waals surface area contributed by atoms with Crippen molar-refractivity contribution in [2.75, 3.05) is 26.1 Å². The second kappa shape index (κ2) is 6.18. The molecule has 2 rings (SSSR count). The summed E-state index contributed by atoms with van der Waals surface area (Å²) in [5, 5.41) is 12.9. The quantitative estimate of drug-likeness (QED) is 0.665. The summed E-state index contributed by atoms with van der Waals surface area (Å²) in [7, 11) is 1.68. The van der Waals surface area contributed by atoms with Gasteiger partial charge in [-0.25, -0.2) is 0 Å². The van der Waals surface area contributed by atoms with Gasteiger partial charge in [-0.05, 0) is 42.5 Å². The van der Waals surface area contributed by atoms with E-state index in [9.17, 15) is 5.11 Å². The number of nitrogens with two attached hydrogens (primary N) is 1. The van der Waals surface area contributed by atoms with Crippen LogP contribution in [0.1, 0.15) is 30.0 Å². The molecular formula is C14H22N2O2. The average Bonchev–Trinajstić information content (AvgIpc) is 2.76. The lowest BCUT2D eigenvalue weighted by atomic mass is 10.1. The van der Waals surface area contributed by atoms with Gasteiger partial charge in [-0.2, -0.15) is 0 Å². The first-order chi connectivity index (χ1) is 8.74. The molecule has 100 valence electrons. The van der Waals surface area contributed by atoms with Crippen molar-refractivity contribution >= 4 is 5.69 Å². The number of nitrogen functional groups attached to an aromatic ring is 1. The summed E-state index contributed by atoms with van der Waals surface area (Å²) in [6.45, 7) is 0.809. The Labute approximate surface area is 108 Å². The smallest absolute Gasteiger partial charge is 0.0585 e. The third kappa shape index (κ3) is 3.02. The molecule has 18 heavy (non-hydrogen) atoms. The van der Waals surface area contributed by atoms with Crippen LogP contribution in [0.4, 0.5) is 5.69 Å². The van der Waals surface area contributed by atoms with Crippen LogP contribution >= 0.6 is 0 Å². The lowest BCUT2D eigenvalue weighted by Gasteiger charge is -2.22. The molecule has 1 aliphatic rings. The molecule has 1 aromatic carbocycles. The van der Waals surface area contributed by atoms with E-state index < -0.39 is 0 Å². The van der Waals surface area contributed by atoms with E-state index in [0.717, 1.165) is 24.9 Å². The first-order valence-corrected chi connectivity index (χ1v) is 6.48. The van der Waals surface area contributed by atoms with Gasteiger partial charge in [0, 0.05) is 31.5 Å². The van der Waals surface area contributed by atoms with Crippen LogP contribution in [0.3, 0.4) is 0 Å². The van der Waals surface area contributed by atoms with Gasteiger partial charge in [-0.3, -0.25) is 0 Å². The molecule has 0 heterocycles. The van der Waals surface area contributed by atoms with Crippen molar-refractivity contribution in [2.45, 2.75) is 31.3 Å². The summed E-state index contributed by atoms with van der Waals surface area (Å²) < 4.78 is 5.06. The highest BCUT2D eigenvalue weighted by Crippen LogP contribution is 2.32. The molecule has 0 bridgehead atoms. The highest BCUT2D eigenvalue weighted by atomic mass is 16.5. The van der Waals surface area contributed by atoms with Crippen LogP contribution in [-0.4, -0.2) is 31.5 Å². The summed E-state index contributed by atoms with van der Waals surface area (Å²) >= 11 is 0. The zero-order valence-electron chi connectivity index (χ0n) is 10.9. The van der Waals surface area contributed by atoms with Crippen LogP contribution in [0.15, 0.2) is 18.2 Å². The highest BCUT2D eigenvalue weighted by molar-refractivity contribution is 5.47. The molecule has 1 aromatic rings. The van der Waals surface area contributed by atoms with E-state index in [1.54, 1.807) is 7.11 Å². The van der Waals surface area contributed by atoms with E-state index in [2.05, 4.69) is 17.4 Å². The largest absolute Gasteiger partial charge is 0.399 e. The predicted molar refractivity (Wildman–Crippen MR) is 72.4 cm³/mol. The molecule has 0 radical (unpaired) electrons. The van der Waals surface area contributed by atoms with E-state index >= 15 is 0 Å². The predicted octanol–water partition coefficient (Wildman–Crippen LogP) is 1.24. The Hall–Kier alpha value is -1.10. The van der Waals surface area contributed by atoms with E-state index in [4.69, 9.17) is 10.5 Å². The zero-order chi connectivity index (χ0) is 13.0. The van der Waals surface area contributed by atoms with Crippen LogP contribution in [-0.2, 0) is 11.2 Å². The standard InChI is InChI=1S/C14H22N2O2/c1-18-7-6-12(9-17)16-14-5-2-10-8-11(15)3-4-13(10)14/h3-4,8,12,14,16-17H,2,5-7,9,15H2,1H3. The van der Waals surface area contributed by atoms with Gasteiger partial charge in [0.2, 0.25) is 0 Å². The Morgan fingerprint density at radius 3 is 3.11 bits per heavy atom. The van der Waals surface area contributed by atoms with E-state index in [-0.39, 0.29) is 12.6 Å². The first kappa shape index (κ1) is 13.3. The van der Waals surface area contributed by atoms with Crippen LogP contribution in [0, 0.1) is 0 Å². The molecule has 4 nitrogen and oxygen atoms in total. The van der Waals surface area contributed by atoms with Gasteiger partial charge in [0.1, 0.15) is 0 Å². The molecule has 2 atom stereocenters. The maximum Gasteiger partial charge on any atom is 0.0585 e. The molecule has 4 N–H and O–H groups in total. The van der Waals surface area contributed by atoms with Crippen LogP contribution in [0.2, 0.25) is 0 Å². The third-order valence-corrected chi connectivity index (χ3v) is 3.57. The fourth-order valence-electron chi connectivity index (χ4n) is 2.58. The lowest BCUT2D eigenvalue weighted by molar-refractivity contribution is 0.154. The highest BCUT2D eigenvalue weighted by Gasteiger charge is 2.24. The number of fused-ring (bicyclic) bond motifs is 1. The number of ether oxygens (including phenoxy) is 1. The number of nitrogens with one attached hydrogen (secondary N) is 1. The minimum absolute atomic E-state index is 0.0958. The molecule has 4 heteroatoms. The van der Waals surface area contributed by atoms with Crippen molar-refractivity contribution in [3.63, 3.8) is 0 Å². The number of rotatable bonds is 6.